The Kier molecular flexibility index (Phi) is 5.40. The largest absolute Gasteiger partial charge is 0.497 e. The van der Waals surface area contributed by atoms with Gasteiger partial charge in [-0.05, 0) is 40.8 Å². The predicted octanol–water partition coefficient (Wildman–Crippen LogP) is 5.00. The maximum atomic E-state index is 13.3. The van der Waals surface area contributed by atoms with Gasteiger partial charge in [-0.1, -0.05) is 68.4 Å². The zero-order valence-corrected chi connectivity index (χ0v) is 15.8. The van der Waals surface area contributed by atoms with Crippen LogP contribution in [0.2, 0.25) is 0 Å². The van der Waals surface area contributed by atoms with E-state index in [0.717, 1.165) is 27.5 Å². The quantitative estimate of drug-likeness (QED) is 0.606. The first-order valence-electron chi connectivity index (χ1n) is 8.48. The normalized spacial score (nSPS) is 12.2. The van der Waals surface area contributed by atoms with Crippen LogP contribution in [0.3, 0.4) is 0 Å². The molecule has 0 N–H and O–H groups in total. The van der Waals surface area contributed by atoms with Gasteiger partial charge in [0.2, 0.25) is 0 Å². The van der Waals surface area contributed by atoms with Crippen LogP contribution in [0.15, 0.2) is 72.8 Å². The van der Waals surface area contributed by atoms with Crippen molar-refractivity contribution in [1.82, 2.24) is 0 Å². The SMILES string of the molecule is COc1ccc(-c2ccccc2)c([PH](=O)c2ccc(C(C)C)cc2)c1. The molecule has 1 unspecified atom stereocenters. The van der Waals surface area contributed by atoms with Crippen LogP contribution in [-0.4, -0.2) is 7.11 Å². The van der Waals surface area contributed by atoms with Crippen molar-refractivity contribution < 1.29 is 9.30 Å². The van der Waals surface area contributed by atoms with Crippen molar-refractivity contribution in [2.24, 2.45) is 0 Å². The molecule has 0 aromatic heterocycles. The van der Waals surface area contributed by atoms with E-state index in [4.69, 9.17) is 4.74 Å². The molecular formula is C22H23O2P. The lowest BCUT2D eigenvalue weighted by atomic mass is 10.0. The Hall–Kier alpha value is -2.31. The lowest BCUT2D eigenvalue weighted by molar-refractivity contribution is 0.415. The van der Waals surface area contributed by atoms with E-state index in [9.17, 15) is 4.57 Å². The van der Waals surface area contributed by atoms with Crippen LogP contribution in [0.25, 0.3) is 11.1 Å². The fourth-order valence-electron chi connectivity index (χ4n) is 2.88. The van der Waals surface area contributed by atoms with E-state index in [1.54, 1.807) is 7.11 Å². The van der Waals surface area contributed by atoms with Crippen molar-refractivity contribution in [3.8, 4) is 16.9 Å². The molecule has 3 rings (SSSR count). The van der Waals surface area contributed by atoms with Gasteiger partial charge in [-0.15, -0.1) is 0 Å². The summed E-state index contributed by atoms with van der Waals surface area (Å²) in [6.07, 6.45) is 0. The molecule has 0 aliphatic carbocycles. The number of ether oxygens (including phenoxy) is 1. The van der Waals surface area contributed by atoms with Crippen molar-refractivity contribution in [3.63, 3.8) is 0 Å². The number of methoxy groups -OCH3 is 1. The number of hydrogen-bond donors (Lipinski definition) is 0. The Morgan fingerprint density at radius 2 is 1.56 bits per heavy atom. The Bertz CT molecular complexity index is 868. The Morgan fingerprint density at radius 1 is 0.880 bits per heavy atom. The first-order valence-corrected chi connectivity index (χ1v) is 9.89. The molecule has 2 nitrogen and oxygen atoms in total. The van der Waals surface area contributed by atoms with Crippen molar-refractivity contribution >= 4 is 18.4 Å². The maximum Gasteiger partial charge on any atom is 0.132 e. The molecule has 0 bridgehead atoms. The van der Waals surface area contributed by atoms with Crippen LogP contribution in [-0.2, 0) is 4.57 Å². The van der Waals surface area contributed by atoms with Crippen molar-refractivity contribution in [1.29, 1.82) is 0 Å². The third-order valence-corrected chi connectivity index (χ3v) is 6.16. The second kappa shape index (κ2) is 7.72. The summed E-state index contributed by atoms with van der Waals surface area (Å²) in [5, 5.41) is 1.72. The van der Waals surface area contributed by atoms with Gasteiger partial charge in [-0.3, -0.25) is 0 Å². The molecule has 0 radical (unpaired) electrons. The molecule has 0 spiro atoms. The summed E-state index contributed by atoms with van der Waals surface area (Å²) in [5.41, 5.74) is 3.32. The highest BCUT2D eigenvalue weighted by atomic mass is 31.1. The molecule has 0 amide bonds. The van der Waals surface area contributed by atoms with E-state index < -0.39 is 7.80 Å². The third-order valence-electron chi connectivity index (χ3n) is 4.40. The van der Waals surface area contributed by atoms with Gasteiger partial charge >= 0.3 is 0 Å². The van der Waals surface area contributed by atoms with E-state index in [1.807, 2.05) is 60.7 Å². The van der Waals surface area contributed by atoms with E-state index >= 15 is 0 Å². The highest BCUT2D eigenvalue weighted by Gasteiger charge is 2.15. The van der Waals surface area contributed by atoms with Crippen molar-refractivity contribution in [2.75, 3.05) is 7.11 Å². The summed E-state index contributed by atoms with van der Waals surface area (Å²) in [6.45, 7) is 4.32. The van der Waals surface area contributed by atoms with Gasteiger partial charge in [0.15, 0.2) is 0 Å². The minimum atomic E-state index is -2.13. The summed E-state index contributed by atoms with van der Waals surface area (Å²) in [4.78, 5) is 0. The molecule has 128 valence electrons. The first kappa shape index (κ1) is 17.5. The van der Waals surface area contributed by atoms with Gasteiger partial charge < -0.3 is 9.30 Å². The standard InChI is InChI=1S/C22H23O2P/c1-16(2)17-9-12-20(13-10-17)25(23)22-15-19(24-3)11-14-21(22)18-7-5-4-6-8-18/h4-16,25H,1-3H3. The lowest BCUT2D eigenvalue weighted by Gasteiger charge is -2.13. The summed E-state index contributed by atoms with van der Waals surface area (Å²) >= 11 is 0. The molecule has 1 atom stereocenters. The Morgan fingerprint density at radius 3 is 2.16 bits per heavy atom. The molecule has 0 heterocycles. The number of rotatable bonds is 5. The van der Waals surface area contributed by atoms with Gasteiger partial charge in [0, 0.05) is 10.6 Å². The average Bonchev–Trinajstić information content (AvgIpc) is 2.67. The van der Waals surface area contributed by atoms with Crippen LogP contribution in [0.4, 0.5) is 0 Å². The lowest BCUT2D eigenvalue weighted by Crippen LogP contribution is -2.10. The summed E-state index contributed by atoms with van der Waals surface area (Å²) in [6, 6.07) is 24.0. The zero-order valence-electron chi connectivity index (χ0n) is 14.8. The molecule has 3 aromatic rings. The highest BCUT2D eigenvalue weighted by molar-refractivity contribution is 7.61. The van der Waals surface area contributed by atoms with E-state index in [-0.39, 0.29) is 0 Å². The minimum absolute atomic E-state index is 0.466. The van der Waals surface area contributed by atoms with Crippen LogP contribution in [0, 0.1) is 0 Å². The van der Waals surface area contributed by atoms with Gasteiger partial charge in [-0.25, -0.2) is 0 Å². The van der Waals surface area contributed by atoms with Crippen LogP contribution < -0.4 is 15.3 Å². The van der Waals surface area contributed by atoms with Gasteiger partial charge in [0.05, 0.1) is 7.11 Å². The molecule has 0 saturated carbocycles. The van der Waals surface area contributed by atoms with E-state index in [1.165, 1.54) is 5.56 Å². The molecule has 0 aliphatic rings. The van der Waals surface area contributed by atoms with E-state index in [0.29, 0.717) is 5.92 Å². The second-order valence-electron chi connectivity index (χ2n) is 6.38. The Balaban J connectivity index is 2.06. The molecule has 25 heavy (non-hydrogen) atoms. The smallest absolute Gasteiger partial charge is 0.132 e. The second-order valence-corrected chi connectivity index (χ2v) is 8.16. The predicted molar refractivity (Wildman–Crippen MR) is 107 cm³/mol. The average molecular weight is 350 g/mol. The van der Waals surface area contributed by atoms with Crippen molar-refractivity contribution in [3.05, 3.63) is 78.4 Å². The van der Waals surface area contributed by atoms with Crippen LogP contribution >= 0.6 is 7.80 Å². The van der Waals surface area contributed by atoms with E-state index in [2.05, 4.69) is 26.0 Å². The first-order chi connectivity index (χ1) is 12.1. The number of hydrogen-bond acceptors (Lipinski definition) is 2. The molecule has 0 saturated heterocycles. The van der Waals surface area contributed by atoms with Gasteiger partial charge in [-0.2, -0.15) is 0 Å². The monoisotopic (exact) mass is 350 g/mol. The fourth-order valence-corrected chi connectivity index (χ4v) is 4.41. The Labute approximate surface area is 150 Å². The molecule has 0 fully saturated rings. The fraction of sp³-hybridized carbons (Fsp3) is 0.182. The van der Waals surface area contributed by atoms with Crippen LogP contribution in [0.5, 0.6) is 5.75 Å². The molecule has 3 heteroatoms. The summed E-state index contributed by atoms with van der Waals surface area (Å²) in [5.74, 6) is 1.19. The topological polar surface area (TPSA) is 26.3 Å². The zero-order chi connectivity index (χ0) is 17.8. The van der Waals surface area contributed by atoms with Gasteiger partial charge in [0.1, 0.15) is 13.6 Å². The molecular weight excluding hydrogens is 327 g/mol. The summed E-state index contributed by atoms with van der Waals surface area (Å²) in [7, 11) is -0.490. The summed E-state index contributed by atoms with van der Waals surface area (Å²) < 4.78 is 18.7. The third kappa shape index (κ3) is 3.86. The minimum Gasteiger partial charge on any atom is -0.497 e. The van der Waals surface area contributed by atoms with Crippen LogP contribution in [0.1, 0.15) is 25.3 Å². The molecule has 3 aromatic carbocycles. The number of benzene rings is 3. The van der Waals surface area contributed by atoms with Gasteiger partial charge in [0.25, 0.3) is 0 Å². The highest BCUT2D eigenvalue weighted by Crippen LogP contribution is 2.30. The maximum absolute atomic E-state index is 13.3. The van der Waals surface area contributed by atoms with Crippen molar-refractivity contribution in [2.45, 2.75) is 19.8 Å². The molecule has 0 aliphatic heterocycles.